The predicted molar refractivity (Wildman–Crippen MR) is 221 cm³/mol. The molecule has 1 N–H and O–H groups in total. The Labute approximate surface area is 325 Å². The van der Waals surface area contributed by atoms with E-state index in [9.17, 15) is 15.2 Å². The average molecular weight is 757 g/mol. The summed E-state index contributed by atoms with van der Waals surface area (Å²) in [5.41, 5.74) is 6.70. The Bertz CT molecular complexity index is 2170. The maximum atomic E-state index is 11.6. The number of para-hydroxylation sites is 2. The molecule has 0 unspecified atom stereocenters. The SMILES string of the molecule is CCCCCCOc1c(OCCCCCC)c(-c2ccc(/C=C(\C#N)C(=O)O)s2)c2nsnc2c1-c1ccc(N(c2ccccc2)c2ccccc2)cc1. The molecule has 10 heteroatoms. The Morgan fingerprint density at radius 2 is 1.26 bits per heavy atom. The van der Waals surface area contributed by atoms with Gasteiger partial charge in [0, 0.05) is 26.8 Å². The van der Waals surface area contributed by atoms with Crippen LogP contribution in [0.5, 0.6) is 11.5 Å². The van der Waals surface area contributed by atoms with E-state index in [1.807, 2.05) is 48.5 Å². The molecule has 4 aromatic carbocycles. The maximum Gasteiger partial charge on any atom is 0.346 e. The van der Waals surface area contributed by atoms with E-state index in [4.69, 9.17) is 18.2 Å². The van der Waals surface area contributed by atoms with Gasteiger partial charge in [-0.05, 0) is 73.0 Å². The van der Waals surface area contributed by atoms with Gasteiger partial charge in [-0.2, -0.15) is 14.0 Å². The third-order valence-electron chi connectivity index (χ3n) is 9.06. The molecule has 8 nitrogen and oxygen atoms in total. The minimum absolute atomic E-state index is 0.329. The van der Waals surface area contributed by atoms with Crippen molar-refractivity contribution in [1.82, 2.24) is 8.75 Å². The highest BCUT2D eigenvalue weighted by Crippen LogP contribution is 2.52. The summed E-state index contributed by atoms with van der Waals surface area (Å²) in [6.45, 7) is 5.39. The van der Waals surface area contributed by atoms with Crippen molar-refractivity contribution in [3.8, 4) is 39.1 Å². The highest BCUT2D eigenvalue weighted by atomic mass is 32.1. The van der Waals surface area contributed by atoms with Crippen molar-refractivity contribution in [2.75, 3.05) is 18.1 Å². The van der Waals surface area contributed by atoms with Crippen molar-refractivity contribution in [1.29, 1.82) is 5.26 Å². The average Bonchev–Trinajstić information content (AvgIpc) is 3.88. The Kier molecular flexibility index (Phi) is 13.5. The Hall–Kier alpha value is -5.50. The van der Waals surface area contributed by atoms with Gasteiger partial charge in [-0.15, -0.1) is 11.3 Å². The van der Waals surface area contributed by atoms with Gasteiger partial charge >= 0.3 is 5.97 Å². The molecule has 2 heterocycles. The number of ether oxygens (including phenoxy) is 2. The number of carboxylic acids is 1. The minimum Gasteiger partial charge on any atom is -0.489 e. The van der Waals surface area contributed by atoms with Gasteiger partial charge in [-0.25, -0.2) is 4.79 Å². The van der Waals surface area contributed by atoms with Gasteiger partial charge in [0.1, 0.15) is 22.7 Å². The molecule has 0 aliphatic heterocycles. The highest BCUT2D eigenvalue weighted by molar-refractivity contribution is 7.16. The van der Waals surface area contributed by atoms with Crippen LogP contribution in [0.4, 0.5) is 17.1 Å². The van der Waals surface area contributed by atoms with Gasteiger partial charge in [0.15, 0.2) is 11.5 Å². The molecule has 0 saturated heterocycles. The van der Waals surface area contributed by atoms with Crippen LogP contribution in [-0.4, -0.2) is 33.0 Å². The number of nitrogens with zero attached hydrogens (tertiary/aromatic N) is 4. The number of hydrogen-bond acceptors (Lipinski definition) is 9. The van der Waals surface area contributed by atoms with Crippen LogP contribution in [0.15, 0.2) is 103 Å². The van der Waals surface area contributed by atoms with Crippen molar-refractivity contribution >= 4 is 63.2 Å². The smallest absolute Gasteiger partial charge is 0.346 e. The van der Waals surface area contributed by atoms with E-state index in [2.05, 4.69) is 67.3 Å². The van der Waals surface area contributed by atoms with E-state index in [0.717, 1.165) is 102 Å². The molecule has 6 aromatic rings. The first kappa shape index (κ1) is 38.2. The van der Waals surface area contributed by atoms with Crippen LogP contribution in [0, 0.1) is 11.3 Å². The van der Waals surface area contributed by atoms with E-state index in [-0.39, 0.29) is 5.57 Å². The molecule has 6 rings (SSSR count). The van der Waals surface area contributed by atoms with Gasteiger partial charge in [-0.1, -0.05) is 101 Å². The number of aliphatic carboxylic acids is 1. The molecular weight excluding hydrogens is 713 g/mol. The molecule has 0 amide bonds. The lowest BCUT2D eigenvalue weighted by molar-refractivity contribution is -0.132. The van der Waals surface area contributed by atoms with E-state index >= 15 is 0 Å². The van der Waals surface area contributed by atoms with Crippen LogP contribution in [-0.2, 0) is 4.79 Å². The zero-order valence-electron chi connectivity index (χ0n) is 30.7. The van der Waals surface area contributed by atoms with E-state index < -0.39 is 5.97 Å². The molecule has 0 atom stereocenters. The second-order valence-electron chi connectivity index (χ2n) is 12.9. The Balaban J connectivity index is 1.51. The molecule has 0 spiro atoms. The molecule has 0 fully saturated rings. The Morgan fingerprint density at radius 1 is 0.722 bits per heavy atom. The van der Waals surface area contributed by atoms with Crippen molar-refractivity contribution in [2.24, 2.45) is 0 Å². The summed E-state index contributed by atoms with van der Waals surface area (Å²) in [7, 11) is 0. The number of nitriles is 1. The largest absolute Gasteiger partial charge is 0.489 e. The summed E-state index contributed by atoms with van der Waals surface area (Å²) in [6, 6.07) is 34.6. The molecule has 0 radical (unpaired) electrons. The molecule has 2 aromatic heterocycles. The summed E-state index contributed by atoms with van der Waals surface area (Å²) >= 11 is 2.52. The zero-order chi connectivity index (χ0) is 37.7. The number of fused-ring (bicyclic) bond motifs is 1. The summed E-state index contributed by atoms with van der Waals surface area (Å²) in [4.78, 5) is 15.3. The molecule has 0 aliphatic carbocycles. The van der Waals surface area contributed by atoms with Crippen LogP contribution < -0.4 is 14.4 Å². The monoisotopic (exact) mass is 756 g/mol. The molecule has 0 saturated carbocycles. The number of anilines is 3. The van der Waals surface area contributed by atoms with Gasteiger partial charge in [0.2, 0.25) is 0 Å². The van der Waals surface area contributed by atoms with Crippen molar-refractivity contribution in [2.45, 2.75) is 65.2 Å². The number of benzene rings is 4. The lowest BCUT2D eigenvalue weighted by atomic mass is 9.97. The summed E-state index contributed by atoms with van der Waals surface area (Å²) < 4.78 is 23.3. The highest BCUT2D eigenvalue weighted by Gasteiger charge is 2.28. The van der Waals surface area contributed by atoms with Crippen molar-refractivity contribution < 1.29 is 19.4 Å². The number of carboxylic acid groups (broad SMARTS) is 1. The summed E-state index contributed by atoms with van der Waals surface area (Å²) in [5, 5.41) is 18.9. The van der Waals surface area contributed by atoms with Gasteiger partial charge in [0.25, 0.3) is 0 Å². The van der Waals surface area contributed by atoms with E-state index in [1.54, 1.807) is 6.07 Å². The minimum atomic E-state index is -1.26. The van der Waals surface area contributed by atoms with E-state index in [0.29, 0.717) is 40.6 Å². The standard InChI is InChI=1S/C44H44N4O4S2/c1-3-5-7-15-27-51-42-38(31-21-23-35(24-22-31)48(33-17-11-9-12-18-33)34-19-13-10-14-20-34)40-41(47-54-46-40)39(43(42)52-28-16-8-6-4-2)37-26-25-36(53-37)29-32(30-45)44(49)50/h9-14,17-26,29H,3-8,15-16,27-28H2,1-2H3,(H,49,50)/b32-29+. The third-order valence-corrected chi connectivity index (χ3v) is 10.6. The molecule has 276 valence electrons. The summed E-state index contributed by atoms with van der Waals surface area (Å²) in [5.74, 6) is -0.0336. The van der Waals surface area contributed by atoms with Gasteiger partial charge < -0.3 is 19.5 Å². The molecule has 0 bridgehead atoms. The third kappa shape index (κ3) is 8.99. The topological polar surface area (TPSA) is 109 Å². The fourth-order valence-corrected chi connectivity index (χ4v) is 7.92. The fraction of sp³-hybridized carbons (Fsp3) is 0.273. The number of aromatic nitrogens is 2. The van der Waals surface area contributed by atoms with Crippen LogP contribution in [0.1, 0.15) is 70.1 Å². The van der Waals surface area contributed by atoms with Crippen molar-refractivity contribution in [3.05, 3.63) is 108 Å². The second kappa shape index (κ2) is 19.0. The first-order valence-electron chi connectivity index (χ1n) is 18.6. The number of hydrogen-bond donors (Lipinski definition) is 1. The fourth-order valence-electron chi connectivity index (χ4n) is 6.36. The van der Waals surface area contributed by atoms with Crippen LogP contribution >= 0.6 is 23.1 Å². The first-order valence-corrected chi connectivity index (χ1v) is 20.1. The number of thiophene rings is 1. The first-order chi connectivity index (χ1) is 26.5. The van der Waals surface area contributed by atoms with Crippen LogP contribution in [0.25, 0.3) is 38.7 Å². The lowest BCUT2D eigenvalue weighted by Crippen LogP contribution is -2.09. The predicted octanol–water partition coefficient (Wildman–Crippen LogP) is 12.5. The Morgan fingerprint density at radius 3 is 1.80 bits per heavy atom. The summed E-state index contributed by atoms with van der Waals surface area (Å²) in [6.07, 6.45) is 9.78. The van der Waals surface area contributed by atoms with Crippen molar-refractivity contribution in [3.63, 3.8) is 0 Å². The number of unbranched alkanes of at least 4 members (excludes halogenated alkanes) is 6. The number of carbonyl (C=O) groups is 1. The van der Waals surface area contributed by atoms with Crippen LogP contribution in [0.2, 0.25) is 0 Å². The zero-order valence-corrected chi connectivity index (χ0v) is 32.3. The number of rotatable bonds is 19. The molecule has 54 heavy (non-hydrogen) atoms. The van der Waals surface area contributed by atoms with Crippen LogP contribution in [0.3, 0.4) is 0 Å². The maximum absolute atomic E-state index is 11.6. The molecular formula is C44H44N4O4S2. The quantitative estimate of drug-likeness (QED) is 0.0494. The van der Waals surface area contributed by atoms with Gasteiger partial charge in [0.05, 0.1) is 36.1 Å². The normalized spacial score (nSPS) is 11.4. The van der Waals surface area contributed by atoms with E-state index in [1.165, 1.54) is 17.4 Å². The second-order valence-corrected chi connectivity index (χ2v) is 14.6. The lowest BCUT2D eigenvalue weighted by Gasteiger charge is -2.26. The molecule has 0 aliphatic rings. The van der Waals surface area contributed by atoms with Gasteiger partial charge in [-0.3, -0.25) is 0 Å².